The number of para-hydroxylation sites is 1. The Balaban J connectivity index is 1.35. The first-order valence-electron chi connectivity index (χ1n) is 16.5. The monoisotopic (exact) mass is 600 g/mol. The maximum atomic E-state index is 5.21. The summed E-state index contributed by atoms with van der Waals surface area (Å²) in [7, 11) is 0. The lowest BCUT2D eigenvalue weighted by molar-refractivity contribution is 0.666. The number of pyridine rings is 1. The van der Waals surface area contributed by atoms with Crippen LogP contribution in [0.4, 0.5) is 0 Å². The van der Waals surface area contributed by atoms with Gasteiger partial charge in [0.25, 0.3) is 0 Å². The third-order valence-corrected chi connectivity index (χ3v) is 10.5. The van der Waals surface area contributed by atoms with Crippen molar-refractivity contribution < 1.29 is 0 Å². The molecule has 0 N–H and O–H groups in total. The normalized spacial score (nSPS) is 14.2. The van der Waals surface area contributed by atoms with Crippen LogP contribution in [-0.2, 0) is 11.8 Å². The van der Waals surface area contributed by atoms with Gasteiger partial charge >= 0.3 is 0 Å². The highest BCUT2D eigenvalue weighted by Crippen LogP contribution is 2.54. The van der Waals surface area contributed by atoms with Gasteiger partial charge in [-0.05, 0) is 75.3 Å². The van der Waals surface area contributed by atoms with Crippen LogP contribution in [0.25, 0.3) is 78.0 Å². The Morgan fingerprint density at radius 2 is 1.28 bits per heavy atom. The Morgan fingerprint density at radius 3 is 2.02 bits per heavy atom. The van der Waals surface area contributed by atoms with Gasteiger partial charge in [-0.2, -0.15) is 0 Å². The average molecular weight is 601 g/mol. The molecule has 8 aromatic rings. The first kappa shape index (κ1) is 26.5. The van der Waals surface area contributed by atoms with Crippen LogP contribution in [0.5, 0.6) is 0 Å². The Morgan fingerprint density at radius 1 is 0.617 bits per heavy atom. The topological polar surface area (TPSA) is 17.8 Å². The van der Waals surface area contributed by atoms with Gasteiger partial charge in [0.1, 0.15) is 0 Å². The van der Waals surface area contributed by atoms with Gasteiger partial charge in [-0.25, -0.2) is 4.98 Å². The maximum absolute atomic E-state index is 5.21. The second kappa shape index (κ2) is 9.64. The van der Waals surface area contributed by atoms with Gasteiger partial charge in [-0.3, -0.25) is 0 Å². The van der Waals surface area contributed by atoms with Crippen molar-refractivity contribution in [3.8, 4) is 39.3 Å². The van der Waals surface area contributed by atoms with Gasteiger partial charge in [0.05, 0.1) is 28.1 Å². The van der Waals surface area contributed by atoms with Crippen LogP contribution in [0.15, 0.2) is 140 Å². The minimum atomic E-state index is -0.0881. The molecule has 2 aliphatic rings. The standard InChI is InChI=1S/C45H32N2/c1-45(2)38-22-11-9-19-32(38)35-24-30-18-13-21-34-42(30)37(43(35)45)27-36-33-20-10-12-23-41(33)47(44(34)36)31-25-39(28-14-5-3-6-15-28)46-40(26-31)29-16-7-4-8-17-29/h3-17,19-27H,18H2,1-2H3. The molecule has 0 amide bonds. The summed E-state index contributed by atoms with van der Waals surface area (Å²) in [5.74, 6) is 0. The summed E-state index contributed by atoms with van der Waals surface area (Å²) in [6.07, 6.45) is 5.68. The van der Waals surface area contributed by atoms with E-state index < -0.39 is 0 Å². The van der Waals surface area contributed by atoms with Crippen LogP contribution >= 0.6 is 0 Å². The first-order chi connectivity index (χ1) is 23.1. The smallest absolute Gasteiger partial charge is 0.0730 e. The lowest BCUT2D eigenvalue weighted by atomic mass is 9.78. The zero-order chi connectivity index (χ0) is 31.3. The van der Waals surface area contributed by atoms with Crippen molar-refractivity contribution in [3.05, 3.63) is 162 Å². The van der Waals surface area contributed by atoms with E-state index in [9.17, 15) is 0 Å². The molecule has 0 bridgehead atoms. The maximum Gasteiger partial charge on any atom is 0.0730 e. The summed E-state index contributed by atoms with van der Waals surface area (Å²) in [6, 6.07) is 48.5. The van der Waals surface area contributed by atoms with Crippen molar-refractivity contribution in [2.75, 3.05) is 0 Å². The van der Waals surface area contributed by atoms with E-state index in [2.05, 4.69) is 164 Å². The molecule has 0 radical (unpaired) electrons. The molecular formula is C45H32N2. The summed E-state index contributed by atoms with van der Waals surface area (Å²) < 4.78 is 2.49. The number of hydrogen-bond acceptors (Lipinski definition) is 1. The predicted molar refractivity (Wildman–Crippen MR) is 197 cm³/mol. The Kier molecular flexibility index (Phi) is 5.43. The quantitative estimate of drug-likeness (QED) is 0.197. The minimum absolute atomic E-state index is 0.0881. The van der Waals surface area contributed by atoms with Gasteiger partial charge in [0.2, 0.25) is 0 Å². The van der Waals surface area contributed by atoms with Crippen LogP contribution in [0.3, 0.4) is 0 Å². The third kappa shape index (κ3) is 3.70. The third-order valence-electron chi connectivity index (χ3n) is 10.5. The van der Waals surface area contributed by atoms with E-state index in [0.717, 1.165) is 34.6 Å². The number of nitrogens with zero attached hydrogens (tertiary/aromatic N) is 2. The van der Waals surface area contributed by atoms with E-state index in [4.69, 9.17) is 4.98 Å². The number of aromatic nitrogens is 2. The Labute approximate surface area is 274 Å². The molecule has 6 aromatic carbocycles. The van der Waals surface area contributed by atoms with Crippen LogP contribution in [0.1, 0.15) is 36.1 Å². The van der Waals surface area contributed by atoms with Crippen molar-refractivity contribution >= 4 is 38.7 Å². The summed E-state index contributed by atoms with van der Waals surface area (Å²) in [6.45, 7) is 4.80. The zero-order valence-electron chi connectivity index (χ0n) is 26.5. The fraction of sp³-hybridized carbons (Fsp3) is 0.0889. The molecule has 0 unspecified atom stereocenters. The van der Waals surface area contributed by atoms with Crippen molar-refractivity contribution in [2.45, 2.75) is 25.7 Å². The van der Waals surface area contributed by atoms with Crippen LogP contribution in [-0.4, -0.2) is 9.55 Å². The summed E-state index contributed by atoms with van der Waals surface area (Å²) in [5, 5.41) is 5.34. The predicted octanol–water partition coefficient (Wildman–Crippen LogP) is 11.5. The number of benzene rings is 6. The van der Waals surface area contributed by atoms with E-state index >= 15 is 0 Å². The molecule has 0 spiro atoms. The van der Waals surface area contributed by atoms with Gasteiger partial charge < -0.3 is 4.57 Å². The second-order valence-electron chi connectivity index (χ2n) is 13.5. The van der Waals surface area contributed by atoms with Crippen molar-refractivity contribution in [2.24, 2.45) is 0 Å². The van der Waals surface area contributed by atoms with Crippen molar-refractivity contribution in [3.63, 3.8) is 0 Å². The van der Waals surface area contributed by atoms with Gasteiger partial charge in [-0.15, -0.1) is 0 Å². The molecule has 2 heteroatoms. The highest BCUT2D eigenvalue weighted by atomic mass is 15.0. The molecule has 0 saturated carbocycles. The lowest BCUT2D eigenvalue weighted by Crippen LogP contribution is -2.16. The fourth-order valence-electron chi connectivity index (χ4n) is 8.50. The number of fused-ring (bicyclic) bond motifs is 8. The zero-order valence-corrected chi connectivity index (χ0v) is 26.5. The fourth-order valence-corrected chi connectivity index (χ4v) is 8.50. The molecule has 0 atom stereocenters. The van der Waals surface area contributed by atoms with Crippen molar-refractivity contribution in [1.82, 2.24) is 9.55 Å². The summed E-state index contributed by atoms with van der Waals surface area (Å²) in [5.41, 5.74) is 16.0. The molecule has 0 aliphatic heterocycles. The molecule has 222 valence electrons. The Hall–Kier alpha value is -5.73. The molecule has 2 nitrogen and oxygen atoms in total. The first-order valence-corrected chi connectivity index (χ1v) is 16.5. The molecule has 2 aromatic heterocycles. The molecular weight excluding hydrogens is 569 g/mol. The van der Waals surface area contributed by atoms with Crippen LogP contribution < -0.4 is 0 Å². The highest BCUT2D eigenvalue weighted by Gasteiger charge is 2.38. The molecule has 10 rings (SSSR count). The molecule has 47 heavy (non-hydrogen) atoms. The molecule has 2 heterocycles. The molecule has 0 fully saturated rings. The number of allylic oxidation sites excluding steroid dienone is 1. The second-order valence-corrected chi connectivity index (χ2v) is 13.5. The SMILES string of the molecule is CC1(C)c2ccccc2-c2cc3c4c(c5c(cc4c21)c1ccccc1n5-c1cc(-c2ccccc2)nc(-c2ccccc2)c1)C=CC3. The van der Waals surface area contributed by atoms with E-state index in [-0.39, 0.29) is 5.41 Å². The molecule has 0 saturated heterocycles. The van der Waals surface area contributed by atoms with E-state index in [1.165, 1.54) is 66.0 Å². The Bertz CT molecular complexity index is 2540. The van der Waals surface area contributed by atoms with Crippen LogP contribution in [0, 0.1) is 0 Å². The van der Waals surface area contributed by atoms with Crippen molar-refractivity contribution in [1.29, 1.82) is 0 Å². The van der Waals surface area contributed by atoms with Gasteiger partial charge in [0, 0.05) is 32.9 Å². The van der Waals surface area contributed by atoms with Gasteiger partial charge in [0.15, 0.2) is 0 Å². The van der Waals surface area contributed by atoms with Gasteiger partial charge in [-0.1, -0.05) is 129 Å². The average Bonchev–Trinajstić information content (AvgIpc) is 3.58. The number of hydrogen-bond donors (Lipinski definition) is 0. The largest absolute Gasteiger partial charge is 0.308 e. The number of rotatable bonds is 3. The molecule has 2 aliphatic carbocycles. The van der Waals surface area contributed by atoms with Crippen LogP contribution in [0.2, 0.25) is 0 Å². The van der Waals surface area contributed by atoms with E-state index in [1.54, 1.807) is 0 Å². The minimum Gasteiger partial charge on any atom is -0.308 e. The summed E-state index contributed by atoms with van der Waals surface area (Å²) in [4.78, 5) is 5.21. The highest BCUT2D eigenvalue weighted by molar-refractivity contribution is 6.20. The van der Waals surface area contributed by atoms with E-state index in [1.807, 2.05) is 0 Å². The van der Waals surface area contributed by atoms with E-state index in [0.29, 0.717) is 0 Å². The lowest BCUT2D eigenvalue weighted by Gasteiger charge is -2.26. The summed E-state index contributed by atoms with van der Waals surface area (Å²) >= 11 is 0.